The Balaban J connectivity index is 1.95. The fourth-order valence-corrected chi connectivity index (χ4v) is 2.19. The molecule has 3 atom stereocenters. The van der Waals surface area contributed by atoms with E-state index in [9.17, 15) is 4.79 Å². The lowest BCUT2D eigenvalue weighted by Gasteiger charge is -2.19. The molecule has 1 aromatic heterocycles. The van der Waals surface area contributed by atoms with E-state index < -0.39 is 0 Å². The number of nitrogens with one attached hydrogen (secondary N) is 2. The third-order valence-electron chi connectivity index (χ3n) is 3.31. The number of hydrogen-bond donors (Lipinski definition) is 2. The Bertz CT molecular complexity index is 380. The van der Waals surface area contributed by atoms with Crippen LogP contribution in [0.4, 0.5) is 0 Å². The molecule has 2 heterocycles. The van der Waals surface area contributed by atoms with Crippen LogP contribution in [0.25, 0.3) is 0 Å². The highest BCUT2D eigenvalue weighted by Gasteiger charge is 2.29. The van der Waals surface area contributed by atoms with Gasteiger partial charge in [0.2, 0.25) is 5.91 Å². The molecule has 0 aromatic carbocycles. The summed E-state index contributed by atoms with van der Waals surface area (Å²) in [5.74, 6) is 0.485. The maximum absolute atomic E-state index is 12.0. The maximum Gasteiger partial charge on any atom is 0.237 e. The molecule has 2 N–H and O–H groups in total. The summed E-state index contributed by atoms with van der Waals surface area (Å²) in [5, 5.41) is 6.24. The monoisotopic (exact) mass is 233 g/mol. The van der Waals surface area contributed by atoms with Gasteiger partial charge in [0.15, 0.2) is 0 Å². The molecule has 4 heteroatoms. The lowest BCUT2D eigenvalue weighted by atomic mass is 10.0. The van der Waals surface area contributed by atoms with Crippen LogP contribution in [0.1, 0.15) is 32.0 Å². The number of amides is 1. The molecule has 1 amide bonds. The van der Waals surface area contributed by atoms with Crippen LogP contribution in [-0.2, 0) is 4.79 Å². The van der Waals surface area contributed by atoms with Crippen molar-refractivity contribution in [3.05, 3.63) is 30.1 Å². The van der Waals surface area contributed by atoms with Crippen molar-refractivity contribution in [2.24, 2.45) is 5.92 Å². The van der Waals surface area contributed by atoms with E-state index in [-0.39, 0.29) is 18.0 Å². The van der Waals surface area contributed by atoms with Crippen LogP contribution in [-0.4, -0.2) is 23.5 Å². The van der Waals surface area contributed by atoms with Gasteiger partial charge in [-0.1, -0.05) is 13.0 Å². The summed E-state index contributed by atoms with van der Waals surface area (Å²) >= 11 is 0. The first-order valence-corrected chi connectivity index (χ1v) is 6.13. The number of hydrogen-bond acceptors (Lipinski definition) is 3. The van der Waals surface area contributed by atoms with Crippen molar-refractivity contribution in [1.82, 2.24) is 15.6 Å². The fraction of sp³-hybridized carbons (Fsp3) is 0.538. The van der Waals surface area contributed by atoms with E-state index >= 15 is 0 Å². The molecule has 2 rings (SSSR count). The molecule has 1 aromatic rings. The lowest BCUT2D eigenvalue weighted by Crippen LogP contribution is -2.44. The minimum atomic E-state index is -0.0545. The summed E-state index contributed by atoms with van der Waals surface area (Å²) in [6.07, 6.45) is 2.81. The van der Waals surface area contributed by atoms with Crippen molar-refractivity contribution in [2.45, 2.75) is 32.4 Å². The quantitative estimate of drug-likeness (QED) is 0.826. The topological polar surface area (TPSA) is 54.0 Å². The number of aromatic nitrogens is 1. The molecular formula is C13H19N3O. The van der Waals surface area contributed by atoms with E-state index in [0.29, 0.717) is 5.92 Å². The first kappa shape index (κ1) is 12.0. The third-order valence-corrected chi connectivity index (χ3v) is 3.31. The van der Waals surface area contributed by atoms with Crippen molar-refractivity contribution in [3.63, 3.8) is 0 Å². The molecule has 0 bridgehead atoms. The SMILES string of the molecule is CC1CCNC1C(=O)N[C@H](C)c1ccccn1. The number of pyridine rings is 1. The minimum Gasteiger partial charge on any atom is -0.347 e. The molecule has 1 aliphatic heterocycles. The highest BCUT2D eigenvalue weighted by molar-refractivity contribution is 5.82. The lowest BCUT2D eigenvalue weighted by molar-refractivity contribution is -0.124. The molecule has 92 valence electrons. The number of nitrogens with zero attached hydrogens (tertiary/aromatic N) is 1. The van der Waals surface area contributed by atoms with Crippen molar-refractivity contribution in [3.8, 4) is 0 Å². The van der Waals surface area contributed by atoms with Crippen LogP contribution in [0.2, 0.25) is 0 Å². The highest BCUT2D eigenvalue weighted by Crippen LogP contribution is 2.16. The summed E-state index contributed by atoms with van der Waals surface area (Å²) in [7, 11) is 0. The van der Waals surface area contributed by atoms with Gasteiger partial charge in [0.1, 0.15) is 0 Å². The Hall–Kier alpha value is -1.42. The molecule has 0 saturated carbocycles. The Kier molecular flexibility index (Phi) is 3.74. The standard InChI is InChI=1S/C13H19N3O/c1-9-6-8-15-12(9)13(17)16-10(2)11-5-3-4-7-14-11/h3-5,7,9-10,12,15H,6,8H2,1-2H3,(H,16,17)/t9?,10-,12?/m1/s1. The number of carbonyl (C=O) groups excluding carboxylic acids is 1. The molecule has 0 radical (unpaired) electrons. The van der Waals surface area contributed by atoms with E-state index in [1.54, 1.807) is 6.20 Å². The van der Waals surface area contributed by atoms with Crippen molar-refractivity contribution >= 4 is 5.91 Å². The Morgan fingerprint density at radius 1 is 1.59 bits per heavy atom. The van der Waals surface area contributed by atoms with Gasteiger partial charge in [0.25, 0.3) is 0 Å². The smallest absolute Gasteiger partial charge is 0.237 e. The predicted molar refractivity (Wildman–Crippen MR) is 66.4 cm³/mol. The summed E-state index contributed by atoms with van der Waals surface area (Å²) in [4.78, 5) is 16.3. The zero-order chi connectivity index (χ0) is 12.3. The average Bonchev–Trinajstić information content (AvgIpc) is 2.76. The Morgan fingerprint density at radius 3 is 3.00 bits per heavy atom. The second-order valence-corrected chi connectivity index (χ2v) is 4.68. The van der Waals surface area contributed by atoms with Gasteiger partial charge in [-0.15, -0.1) is 0 Å². The van der Waals surface area contributed by atoms with Gasteiger partial charge in [-0.25, -0.2) is 0 Å². The average molecular weight is 233 g/mol. The second-order valence-electron chi connectivity index (χ2n) is 4.68. The summed E-state index contributed by atoms with van der Waals surface area (Å²) < 4.78 is 0. The van der Waals surface area contributed by atoms with E-state index in [0.717, 1.165) is 18.7 Å². The maximum atomic E-state index is 12.0. The molecule has 1 saturated heterocycles. The molecule has 4 nitrogen and oxygen atoms in total. The van der Waals surface area contributed by atoms with Gasteiger partial charge in [-0.3, -0.25) is 9.78 Å². The van der Waals surface area contributed by atoms with Gasteiger partial charge in [0.05, 0.1) is 17.8 Å². The van der Waals surface area contributed by atoms with Crippen LogP contribution in [0.3, 0.4) is 0 Å². The van der Waals surface area contributed by atoms with Gasteiger partial charge < -0.3 is 10.6 Å². The fourth-order valence-electron chi connectivity index (χ4n) is 2.19. The zero-order valence-corrected chi connectivity index (χ0v) is 10.3. The van der Waals surface area contributed by atoms with Crippen LogP contribution in [0.15, 0.2) is 24.4 Å². The molecule has 17 heavy (non-hydrogen) atoms. The Labute approximate surface area is 102 Å². The van der Waals surface area contributed by atoms with E-state index in [1.165, 1.54) is 0 Å². The van der Waals surface area contributed by atoms with Gasteiger partial charge in [-0.05, 0) is 37.9 Å². The number of carbonyl (C=O) groups is 1. The third kappa shape index (κ3) is 2.82. The van der Waals surface area contributed by atoms with Crippen LogP contribution >= 0.6 is 0 Å². The molecule has 1 aliphatic rings. The zero-order valence-electron chi connectivity index (χ0n) is 10.3. The molecule has 0 aliphatic carbocycles. The second kappa shape index (κ2) is 5.27. The van der Waals surface area contributed by atoms with E-state index in [4.69, 9.17) is 0 Å². The van der Waals surface area contributed by atoms with Crippen molar-refractivity contribution in [2.75, 3.05) is 6.54 Å². The van der Waals surface area contributed by atoms with E-state index in [2.05, 4.69) is 22.5 Å². The Morgan fingerprint density at radius 2 is 2.41 bits per heavy atom. The van der Waals surface area contributed by atoms with Gasteiger partial charge in [0, 0.05) is 6.20 Å². The molecule has 1 fully saturated rings. The number of rotatable bonds is 3. The van der Waals surface area contributed by atoms with Crippen molar-refractivity contribution < 1.29 is 4.79 Å². The first-order chi connectivity index (χ1) is 8.18. The normalized spacial score (nSPS) is 25.5. The van der Waals surface area contributed by atoms with Crippen molar-refractivity contribution in [1.29, 1.82) is 0 Å². The van der Waals surface area contributed by atoms with Gasteiger partial charge >= 0.3 is 0 Å². The molecular weight excluding hydrogens is 214 g/mol. The summed E-state index contributed by atoms with van der Waals surface area (Å²) in [6.45, 7) is 4.99. The predicted octanol–water partition coefficient (Wildman–Crippen LogP) is 1.26. The van der Waals surface area contributed by atoms with Gasteiger partial charge in [-0.2, -0.15) is 0 Å². The summed E-state index contributed by atoms with van der Waals surface area (Å²) in [6, 6.07) is 5.63. The van der Waals surface area contributed by atoms with E-state index in [1.807, 2.05) is 25.1 Å². The van der Waals surface area contributed by atoms with Crippen LogP contribution in [0.5, 0.6) is 0 Å². The largest absolute Gasteiger partial charge is 0.347 e. The first-order valence-electron chi connectivity index (χ1n) is 6.13. The van der Waals surface area contributed by atoms with Crippen LogP contribution in [0, 0.1) is 5.92 Å². The molecule has 2 unspecified atom stereocenters. The minimum absolute atomic E-state index is 0.0432. The highest BCUT2D eigenvalue weighted by atomic mass is 16.2. The van der Waals surface area contributed by atoms with Crippen LogP contribution < -0.4 is 10.6 Å². The molecule has 0 spiro atoms. The summed E-state index contributed by atoms with van der Waals surface area (Å²) in [5.41, 5.74) is 0.895.